The average Bonchev–Trinajstić information content (AvgIpc) is 3.33. The molecule has 136 valence electrons. The third-order valence-electron chi connectivity index (χ3n) is 3.67. The molecule has 0 aliphatic carbocycles. The van der Waals surface area contributed by atoms with Gasteiger partial charge in [-0.1, -0.05) is 36.4 Å². The molecule has 3 rings (SSSR count). The van der Waals surface area contributed by atoms with Gasteiger partial charge in [0.15, 0.2) is 0 Å². The van der Waals surface area contributed by atoms with Crippen LogP contribution < -0.4 is 10.0 Å². The molecule has 26 heavy (non-hydrogen) atoms. The Labute approximate surface area is 155 Å². The monoisotopic (exact) mass is 390 g/mol. The normalized spacial score (nSPS) is 12.6. The van der Waals surface area contributed by atoms with Gasteiger partial charge in [-0.15, -0.1) is 11.3 Å². The number of carbonyl (C=O) groups is 1. The van der Waals surface area contributed by atoms with E-state index in [1.807, 2.05) is 30.3 Å². The first-order valence-corrected chi connectivity index (χ1v) is 10.3. The minimum absolute atomic E-state index is 0.175. The second-order valence-corrected chi connectivity index (χ2v) is 8.48. The van der Waals surface area contributed by atoms with E-state index in [0.717, 1.165) is 16.9 Å². The largest absolute Gasteiger partial charge is 0.467 e. The second kappa shape index (κ2) is 8.31. The van der Waals surface area contributed by atoms with Crippen molar-refractivity contribution in [2.75, 3.05) is 0 Å². The van der Waals surface area contributed by atoms with E-state index >= 15 is 0 Å². The molecule has 8 heteroatoms. The van der Waals surface area contributed by atoms with Gasteiger partial charge in [0.1, 0.15) is 16.0 Å². The Morgan fingerprint density at radius 3 is 2.54 bits per heavy atom. The molecule has 0 bridgehead atoms. The molecule has 6 nitrogen and oxygen atoms in total. The Kier molecular flexibility index (Phi) is 5.87. The highest BCUT2D eigenvalue weighted by Gasteiger charge is 2.26. The summed E-state index contributed by atoms with van der Waals surface area (Å²) in [7, 11) is -3.77. The summed E-state index contributed by atoms with van der Waals surface area (Å²) in [5, 5.41) is 4.40. The van der Waals surface area contributed by atoms with Gasteiger partial charge in [0.05, 0.1) is 12.8 Å². The van der Waals surface area contributed by atoms with E-state index in [4.69, 9.17) is 4.42 Å². The summed E-state index contributed by atoms with van der Waals surface area (Å²) in [5.74, 6) is 0.184. The molecule has 2 heterocycles. The number of furan rings is 1. The number of hydrogen-bond acceptors (Lipinski definition) is 5. The lowest BCUT2D eigenvalue weighted by Gasteiger charge is -2.18. The molecule has 0 radical (unpaired) electrons. The van der Waals surface area contributed by atoms with Gasteiger partial charge in [-0.25, -0.2) is 8.42 Å². The van der Waals surface area contributed by atoms with E-state index in [2.05, 4.69) is 10.0 Å². The molecule has 1 atom stereocenters. The smallest absolute Gasteiger partial charge is 0.250 e. The molecule has 3 aromatic rings. The van der Waals surface area contributed by atoms with Crippen molar-refractivity contribution in [2.24, 2.45) is 0 Å². The van der Waals surface area contributed by atoms with E-state index in [1.165, 1.54) is 12.3 Å². The van der Waals surface area contributed by atoms with E-state index in [9.17, 15) is 13.2 Å². The number of thiophene rings is 1. The molecule has 0 aliphatic heterocycles. The van der Waals surface area contributed by atoms with Crippen LogP contribution in [0.15, 0.2) is 74.9 Å². The number of carbonyl (C=O) groups excluding carboxylic acids is 1. The lowest BCUT2D eigenvalue weighted by molar-refractivity contribution is -0.122. The van der Waals surface area contributed by atoms with Crippen molar-refractivity contribution in [1.29, 1.82) is 0 Å². The highest BCUT2D eigenvalue weighted by molar-refractivity contribution is 7.91. The lowest BCUT2D eigenvalue weighted by Crippen LogP contribution is -2.47. The number of amides is 1. The molecule has 0 saturated carbocycles. The summed E-state index contributed by atoms with van der Waals surface area (Å²) < 4.78 is 32.9. The van der Waals surface area contributed by atoms with Crippen LogP contribution in [0.1, 0.15) is 11.3 Å². The summed E-state index contributed by atoms with van der Waals surface area (Å²) in [4.78, 5) is 12.6. The van der Waals surface area contributed by atoms with Crippen molar-refractivity contribution >= 4 is 27.3 Å². The van der Waals surface area contributed by atoms with Crippen LogP contribution in [0, 0.1) is 0 Å². The maximum absolute atomic E-state index is 12.6. The maximum Gasteiger partial charge on any atom is 0.250 e. The van der Waals surface area contributed by atoms with Gasteiger partial charge >= 0.3 is 0 Å². The van der Waals surface area contributed by atoms with E-state index < -0.39 is 22.0 Å². The molecule has 0 saturated heterocycles. The van der Waals surface area contributed by atoms with E-state index in [-0.39, 0.29) is 17.2 Å². The van der Waals surface area contributed by atoms with Crippen molar-refractivity contribution in [3.05, 3.63) is 77.6 Å². The van der Waals surface area contributed by atoms with Gasteiger partial charge < -0.3 is 9.73 Å². The molecule has 1 amide bonds. The lowest BCUT2D eigenvalue weighted by atomic mass is 10.1. The molecule has 2 N–H and O–H groups in total. The summed E-state index contributed by atoms with van der Waals surface area (Å²) in [6.45, 7) is 0.192. The summed E-state index contributed by atoms with van der Waals surface area (Å²) in [5.41, 5.74) is 0.861. The first kappa shape index (κ1) is 18.4. The van der Waals surface area contributed by atoms with Gasteiger partial charge in [-0.3, -0.25) is 4.79 Å². The maximum atomic E-state index is 12.6. The quantitative estimate of drug-likeness (QED) is 0.619. The Balaban J connectivity index is 1.75. The molecule has 2 aromatic heterocycles. The zero-order chi connectivity index (χ0) is 18.4. The fourth-order valence-corrected chi connectivity index (χ4v) is 4.61. The van der Waals surface area contributed by atoms with Crippen LogP contribution in [0.25, 0.3) is 0 Å². The second-order valence-electron chi connectivity index (χ2n) is 5.59. The van der Waals surface area contributed by atoms with Gasteiger partial charge in [-0.2, -0.15) is 4.72 Å². The Morgan fingerprint density at radius 1 is 1.08 bits per heavy atom. The predicted octanol–water partition coefficient (Wildman–Crippen LogP) is 2.55. The molecule has 1 aromatic carbocycles. The van der Waals surface area contributed by atoms with Gasteiger partial charge in [0, 0.05) is 0 Å². The Morgan fingerprint density at radius 2 is 1.88 bits per heavy atom. The van der Waals surface area contributed by atoms with Crippen LogP contribution in [0.2, 0.25) is 0 Å². The van der Waals surface area contributed by atoms with Gasteiger partial charge in [-0.05, 0) is 35.6 Å². The summed E-state index contributed by atoms with van der Waals surface area (Å²) >= 11 is 1.10. The highest BCUT2D eigenvalue weighted by atomic mass is 32.2. The number of benzene rings is 1. The fourth-order valence-electron chi connectivity index (χ4n) is 2.41. The number of sulfonamides is 1. The third-order valence-corrected chi connectivity index (χ3v) is 6.54. The fraction of sp³-hybridized carbons (Fsp3) is 0.167. The zero-order valence-electron chi connectivity index (χ0n) is 13.8. The summed E-state index contributed by atoms with van der Waals surface area (Å²) in [6.07, 6.45) is 1.76. The van der Waals surface area contributed by atoms with Gasteiger partial charge in [0.25, 0.3) is 10.0 Å². The predicted molar refractivity (Wildman–Crippen MR) is 99.1 cm³/mol. The van der Waals surface area contributed by atoms with Crippen LogP contribution >= 0.6 is 11.3 Å². The van der Waals surface area contributed by atoms with Crippen LogP contribution in [0.3, 0.4) is 0 Å². The SMILES string of the molecule is O=C(NCc1ccco1)[C@@H](Cc1ccccc1)NS(=O)(=O)c1cccs1. The van der Waals surface area contributed by atoms with Crippen LogP contribution in [0.5, 0.6) is 0 Å². The molecule has 0 aliphatic rings. The minimum Gasteiger partial charge on any atom is -0.467 e. The molecule has 0 spiro atoms. The zero-order valence-corrected chi connectivity index (χ0v) is 15.4. The Bertz CT molecular complexity index is 921. The number of rotatable bonds is 8. The highest BCUT2D eigenvalue weighted by Crippen LogP contribution is 2.17. The molecular weight excluding hydrogens is 372 g/mol. The van der Waals surface area contributed by atoms with Crippen LogP contribution in [-0.4, -0.2) is 20.4 Å². The van der Waals surface area contributed by atoms with Crippen LogP contribution in [-0.2, 0) is 27.8 Å². The van der Waals surface area contributed by atoms with Gasteiger partial charge in [0.2, 0.25) is 5.91 Å². The standard InChI is InChI=1S/C18H18N2O4S2/c21-18(19-13-15-8-4-10-24-15)16(12-14-6-2-1-3-7-14)20-26(22,23)17-9-5-11-25-17/h1-11,16,20H,12-13H2,(H,19,21)/t16-/m1/s1. The number of nitrogens with one attached hydrogen (secondary N) is 2. The van der Waals surface area contributed by atoms with E-state index in [0.29, 0.717) is 5.76 Å². The van der Waals surface area contributed by atoms with Crippen molar-refractivity contribution in [3.8, 4) is 0 Å². The summed E-state index contributed by atoms with van der Waals surface area (Å²) in [6, 6.07) is 15.0. The Hall–Kier alpha value is -2.42. The third kappa shape index (κ3) is 4.81. The van der Waals surface area contributed by atoms with Crippen LogP contribution in [0.4, 0.5) is 0 Å². The molecule has 0 unspecified atom stereocenters. The number of hydrogen-bond donors (Lipinski definition) is 2. The van der Waals surface area contributed by atoms with Crippen molar-refractivity contribution in [1.82, 2.24) is 10.0 Å². The van der Waals surface area contributed by atoms with Crippen molar-refractivity contribution in [3.63, 3.8) is 0 Å². The van der Waals surface area contributed by atoms with Crippen molar-refractivity contribution in [2.45, 2.75) is 23.2 Å². The first-order chi connectivity index (χ1) is 12.5. The first-order valence-electron chi connectivity index (χ1n) is 7.94. The van der Waals surface area contributed by atoms with Crippen molar-refractivity contribution < 1.29 is 17.6 Å². The molecular formula is C18H18N2O4S2. The topological polar surface area (TPSA) is 88.4 Å². The minimum atomic E-state index is -3.77. The average molecular weight is 390 g/mol. The molecule has 0 fully saturated rings. The van der Waals surface area contributed by atoms with E-state index in [1.54, 1.807) is 23.6 Å².